The predicted octanol–water partition coefficient (Wildman–Crippen LogP) is 3.36. The van der Waals surface area contributed by atoms with Crippen LogP contribution >= 0.6 is 23.4 Å². The van der Waals surface area contributed by atoms with E-state index < -0.39 is 5.97 Å². The Hall–Kier alpha value is -1.20. The van der Waals surface area contributed by atoms with Gasteiger partial charge in [-0.1, -0.05) is 11.6 Å². The minimum Gasteiger partial charge on any atom is -0.481 e. The van der Waals surface area contributed by atoms with Crippen LogP contribution in [0, 0.1) is 0 Å². The van der Waals surface area contributed by atoms with Gasteiger partial charge in [-0.15, -0.1) is 0 Å². The molecule has 0 aliphatic rings. The lowest BCUT2D eigenvalue weighted by Gasteiger charge is -1.98. The second-order valence-electron chi connectivity index (χ2n) is 4.20. The number of H-pyrrole nitrogens is 1. The number of halogens is 1. The second-order valence-corrected chi connectivity index (χ2v) is 5.87. The second kappa shape index (κ2) is 6.82. The highest BCUT2D eigenvalue weighted by Crippen LogP contribution is 2.18. The number of hydrogen-bond donors (Lipinski definition) is 2. The molecule has 0 radical (unpaired) electrons. The molecule has 0 spiro atoms. The van der Waals surface area contributed by atoms with Gasteiger partial charge >= 0.3 is 5.97 Å². The fourth-order valence-corrected chi connectivity index (χ4v) is 2.81. The zero-order valence-corrected chi connectivity index (χ0v) is 11.9. The number of hydrogen-bond acceptors (Lipinski definition) is 3. The lowest BCUT2D eigenvalue weighted by atomic mass is 10.3. The summed E-state index contributed by atoms with van der Waals surface area (Å²) in [6.45, 7) is 0. The van der Waals surface area contributed by atoms with Gasteiger partial charge in [-0.2, -0.15) is 11.8 Å². The largest absolute Gasteiger partial charge is 0.481 e. The Bertz CT molecular complexity index is 571. The van der Waals surface area contributed by atoms with Crippen LogP contribution < -0.4 is 0 Å². The third-order valence-electron chi connectivity index (χ3n) is 2.66. The minimum absolute atomic E-state index is 0.246. The van der Waals surface area contributed by atoms with Crippen molar-refractivity contribution >= 4 is 40.4 Å². The molecule has 0 bridgehead atoms. The lowest BCUT2D eigenvalue weighted by Crippen LogP contribution is -1.96. The highest BCUT2D eigenvalue weighted by atomic mass is 35.5. The summed E-state index contributed by atoms with van der Waals surface area (Å²) in [6.07, 6.45) is 1.82. The van der Waals surface area contributed by atoms with Crippen LogP contribution in [0.3, 0.4) is 0 Å². The molecule has 1 heterocycles. The van der Waals surface area contributed by atoms with Crippen molar-refractivity contribution in [2.45, 2.75) is 19.3 Å². The molecule has 2 rings (SSSR count). The number of aromatic amines is 1. The van der Waals surface area contributed by atoms with Crippen LogP contribution in [0.5, 0.6) is 0 Å². The van der Waals surface area contributed by atoms with Crippen molar-refractivity contribution in [1.29, 1.82) is 0 Å². The first-order valence-corrected chi connectivity index (χ1v) is 7.62. The first-order valence-electron chi connectivity index (χ1n) is 6.09. The molecule has 0 amide bonds. The first kappa shape index (κ1) is 14.2. The number of nitrogens with zero attached hydrogens (tertiary/aromatic N) is 1. The quantitative estimate of drug-likeness (QED) is 0.769. The number of carboxylic acid groups (broad SMARTS) is 1. The Balaban J connectivity index is 1.77. The van der Waals surface area contributed by atoms with Crippen molar-refractivity contribution in [2.24, 2.45) is 0 Å². The molecule has 0 saturated carbocycles. The standard InChI is InChI=1S/C13H15ClN2O2S/c14-9-3-4-10-11(8-9)16-12(15-10)5-7-19-6-1-2-13(17)18/h3-4,8H,1-2,5-7H2,(H,15,16)(H,17,18). The summed E-state index contributed by atoms with van der Waals surface area (Å²) in [5.74, 6) is 2.03. The van der Waals surface area contributed by atoms with Crippen molar-refractivity contribution < 1.29 is 9.90 Å². The van der Waals surface area contributed by atoms with Gasteiger partial charge in [-0.05, 0) is 30.4 Å². The zero-order valence-electron chi connectivity index (χ0n) is 10.4. The monoisotopic (exact) mass is 298 g/mol. The van der Waals surface area contributed by atoms with E-state index in [0.29, 0.717) is 5.02 Å². The Morgan fingerprint density at radius 1 is 1.42 bits per heavy atom. The molecule has 2 N–H and O–H groups in total. The van der Waals surface area contributed by atoms with E-state index in [0.717, 1.165) is 41.2 Å². The fraction of sp³-hybridized carbons (Fsp3) is 0.385. The van der Waals surface area contributed by atoms with Gasteiger partial charge in [0.1, 0.15) is 5.82 Å². The maximum Gasteiger partial charge on any atom is 0.303 e. The molecule has 4 nitrogen and oxygen atoms in total. The molecule has 102 valence electrons. The molecule has 19 heavy (non-hydrogen) atoms. The number of imidazole rings is 1. The van der Waals surface area contributed by atoms with Gasteiger partial charge in [0.25, 0.3) is 0 Å². The summed E-state index contributed by atoms with van der Waals surface area (Å²) >= 11 is 7.67. The molecule has 0 fully saturated rings. The van der Waals surface area contributed by atoms with Gasteiger partial charge < -0.3 is 10.1 Å². The van der Waals surface area contributed by atoms with E-state index in [1.165, 1.54) is 0 Å². The number of thioether (sulfide) groups is 1. The van der Waals surface area contributed by atoms with Crippen LogP contribution in [0.4, 0.5) is 0 Å². The Labute approximate surface area is 120 Å². The Morgan fingerprint density at radius 2 is 2.26 bits per heavy atom. The van der Waals surface area contributed by atoms with Crippen molar-refractivity contribution in [3.05, 3.63) is 29.0 Å². The molecule has 0 aliphatic carbocycles. The molecule has 0 saturated heterocycles. The van der Waals surface area contributed by atoms with E-state index in [1.807, 2.05) is 18.2 Å². The summed E-state index contributed by atoms with van der Waals surface area (Å²) in [6, 6.07) is 5.60. The van der Waals surface area contributed by atoms with Gasteiger partial charge in [0, 0.05) is 23.6 Å². The number of nitrogens with one attached hydrogen (secondary N) is 1. The molecular weight excluding hydrogens is 284 g/mol. The van der Waals surface area contributed by atoms with Gasteiger partial charge in [-0.25, -0.2) is 4.98 Å². The number of aromatic nitrogens is 2. The SMILES string of the molecule is O=C(O)CCCSCCc1nc2ccc(Cl)cc2[nH]1. The number of rotatable bonds is 7. The van der Waals surface area contributed by atoms with Crippen molar-refractivity contribution in [3.8, 4) is 0 Å². The molecular formula is C13H15ClN2O2S. The molecule has 0 unspecified atom stereocenters. The smallest absolute Gasteiger partial charge is 0.303 e. The molecule has 2 aromatic rings. The minimum atomic E-state index is -0.727. The third-order valence-corrected chi connectivity index (χ3v) is 3.96. The number of aryl methyl sites for hydroxylation is 1. The van der Waals surface area contributed by atoms with Gasteiger partial charge in [-0.3, -0.25) is 4.79 Å². The van der Waals surface area contributed by atoms with E-state index in [-0.39, 0.29) is 6.42 Å². The van der Waals surface area contributed by atoms with Crippen LogP contribution in [0.2, 0.25) is 5.02 Å². The number of carboxylic acids is 1. The topological polar surface area (TPSA) is 66.0 Å². The molecule has 1 aromatic carbocycles. The Morgan fingerprint density at radius 3 is 3.05 bits per heavy atom. The normalized spacial score (nSPS) is 11.0. The summed E-state index contributed by atoms with van der Waals surface area (Å²) < 4.78 is 0. The average Bonchev–Trinajstić information content (AvgIpc) is 2.75. The zero-order chi connectivity index (χ0) is 13.7. The van der Waals surface area contributed by atoms with Gasteiger partial charge in [0.05, 0.1) is 11.0 Å². The van der Waals surface area contributed by atoms with Crippen LogP contribution in [-0.2, 0) is 11.2 Å². The van der Waals surface area contributed by atoms with Crippen molar-refractivity contribution in [2.75, 3.05) is 11.5 Å². The first-order chi connectivity index (χ1) is 9.15. The van der Waals surface area contributed by atoms with Crippen LogP contribution in [0.1, 0.15) is 18.7 Å². The number of fused-ring (bicyclic) bond motifs is 1. The highest BCUT2D eigenvalue weighted by Gasteiger charge is 2.03. The third kappa shape index (κ3) is 4.44. The van der Waals surface area contributed by atoms with Crippen LogP contribution in [0.15, 0.2) is 18.2 Å². The molecule has 1 aromatic heterocycles. The molecule has 0 aliphatic heterocycles. The van der Waals surface area contributed by atoms with E-state index in [2.05, 4.69) is 9.97 Å². The summed E-state index contributed by atoms with van der Waals surface area (Å²) in [7, 11) is 0. The van der Waals surface area contributed by atoms with Crippen LogP contribution in [-0.4, -0.2) is 32.5 Å². The molecule has 6 heteroatoms. The van der Waals surface area contributed by atoms with E-state index >= 15 is 0 Å². The predicted molar refractivity (Wildman–Crippen MR) is 79.0 cm³/mol. The van der Waals surface area contributed by atoms with E-state index in [1.54, 1.807) is 11.8 Å². The maximum absolute atomic E-state index is 10.3. The number of carbonyl (C=O) groups is 1. The average molecular weight is 299 g/mol. The lowest BCUT2D eigenvalue weighted by molar-refractivity contribution is -0.137. The number of benzene rings is 1. The van der Waals surface area contributed by atoms with E-state index in [4.69, 9.17) is 16.7 Å². The van der Waals surface area contributed by atoms with Crippen LogP contribution in [0.25, 0.3) is 11.0 Å². The van der Waals surface area contributed by atoms with Gasteiger partial charge in [0.2, 0.25) is 0 Å². The number of aliphatic carboxylic acids is 1. The molecule has 0 atom stereocenters. The maximum atomic E-state index is 10.3. The summed E-state index contributed by atoms with van der Waals surface area (Å²) in [4.78, 5) is 18.1. The van der Waals surface area contributed by atoms with Gasteiger partial charge in [0.15, 0.2) is 0 Å². The fourth-order valence-electron chi connectivity index (χ4n) is 1.75. The van der Waals surface area contributed by atoms with Crippen molar-refractivity contribution in [3.63, 3.8) is 0 Å². The summed E-state index contributed by atoms with van der Waals surface area (Å²) in [5.41, 5.74) is 1.88. The highest BCUT2D eigenvalue weighted by molar-refractivity contribution is 7.99. The Kier molecular flexibility index (Phi) is 5.10. The van der Waals surface area contributed by atoms with E-state index in [9.17, 15) is 4.79 Å². The van der Waals surface area contributed by atoms with Crippen molar-refractivity contribution in [1.82, 2.24) is 9.97 Å². The summed E-state index contributed by atoms with van der Waals surface area (Å²) in [5, 5.41) is 9.22.